The van der Waals surface area contributed by atoms with Gasteiger partial charge in [0.05, 0.1) is 11.9 Å². The van der Waals surface area contributed by atoms with Crippen LogP contribution in [0.5, 0.6) is 0 Å². The van der Waals surface area contributed by atoms with Crippen LogP contribution in [0, 0.1) is 0 Å². The summed E-state index contributed by atoms with van der Waals surface area (Å²) in [6, 6.07) is 10.8. The summed E-state index contributed by atoms with van der Waals surface area (Å²) in [4.78, 5) is 15.7. The first-order valence-corrected chi connectivity index (χ1v) is 6.97. The highest BCUT2D eigenvalue weighted by atomic mass is 35.5. The molecule has 0 saturated heterocycles. The second-order valence-corrected chi connectivity index (χ2v) is 5.26. The number of benzene rings is 1. The number of hydrogen-bond acceptors (Lipinski definition) is 3. The monoisotopic (exact) mass is 304 g/mol. The molecular formula is C15H17ClN4O. The summed E-state index contributed by atoms with van der Waals surface area (Å²) in [6.45, 7) is 3.79. The lowest BCUT2D eigenvalue weighted by atomic mass is 10.3. The van der Waals surface area contributed by atoms with Crippen LogP contribution >= 0.6 is 11.6 Å². The Morgan fingerprint density at radius 3 is 2.62 bits per heavy atom. The Balaban J connectivity index is 1.97. The zero-order chi connectivity index (χ0) is 15.2. The topological polar surface area (TPSA) is 66.1 Å². The van der Waals surface area contributed by atoms with Crippen molar-refractivity contribution < 1.29 is 4.79 Å². The van der Waals surface area contributed by atoms with Gasteiger partial charge < -0.3 is 10.6 Å². The molecule has 0 aliphatic heterocycles. The van der Waals surface area contributed by atoms with Gasteiger partial charge in [0.1, 0.15) is 5.82 Å². The Bertz CT molecular complexity index is 613. The van der Waals surface area contributed by atoms with E-state index in [1.165, 1.54) is 0 Å². The highest BCUT2D eigenvalue weighted by Gasteiger charge is 2.04. The maximum absolute atomic E-state index is 11.5. The summed E-state index contributed by atoms with van der Waals surface area (Å²) in [6.07, 6.45) is 1.64. The Hall–Kier alpha value is -2.27. The fraction of sp³-hybridized carbons (Fsp3) is 0.200. The molecule has 2 aromatic rings. The van der Waals surface area contributed by atoms with Gasteiger partial charge in [0, 0.05) is 16.8 Å². The lowest BCUT2D eigenvalue weighted by Gasteiger charge is -2.10. The summed E-state index contributed by atoms with van der Waals surface area (Å²) in [5, 5.41) is 9.24. The quantitative estimate of drug-likeness (QED) is 0.799. The third kappa shape index (κ3) is 4.96. The molecule has 6 heteroatoms. The molecule has 2 rings (SSSR count). The lowest BCUT2D eigenvalue weighted by Crippen LogP contribution is -2.34. The molecule has 2 amide bonds. The van der Waals surface area contributed by atoms with E-state index in [1.807, 2.05) is 44.2 Å². The second kappa shape index (κ2) is 6.95. The van der Waals surface area contributed by atoms with Crippen LogP contribution in [0.2, 0.25) is 5.02 Å². The molecule has 0 radical (unpaired) electrons. The molecule has 1 heterocycles. The molecule has 0 unspecified atom stereocenters. The molecule has 0 aliphatic rings. The van der Waals surface area contributed by atoms with E-state index in [1.54, 1.807) is 12.3 Å². The van der Waals surface area contributed by atoms with Crippen molar-refractivity contribution >= 4 is 34.8 Å². The number of amides is 2. The Labute approximate surface area is 128 Å². The minimum absolute atomic E-state index is 0.0776. The number of carbonyl (C=O) groups is 1. The van der Waals surface area contributed by atoms with Crippen LogP contribution in [0.4, 0.5) is 22.0 Å². The first kappa shape index (κ1) is 15.1. The van der Waals surface area contributed by atoms with Crippen LogP contribution in [0.3, 0.4) is 0 Å². The molecule has 1 aromatic heterocycles. The van der Waals surface area contributed by atoms with E-state index in [0.29, 0.717) is 10.8 Å². The Morgan fingerprint density at radius 1 is 1.19 bits per heavy atom. The van der Waals surface area contributed by atoms with Crippen LogP contribution in [0.25, 0.3) is 0 Å². The predicted octanol–water partition coefficient (Wildman–Crippen LogP) is 4.01. The van der Waals surface area contributed by atoms with E-state index in [4.69, 9.17) is 11.6 Å². The third-order valence-electron chi connectivity index (χ3n) is 2.54. The second-order valence-electron chi connectivity index (χ2n) is 4.82. The van der Waals surface area contributed by atoms with Gasteiger partial charge in [-0.2, -0.15) is 0 Å². The number of pyridine rings is 1. The average molecular weight is 305 g/mol. The Kier molecular flexibility index (Phi) is 5.00. The maximum atomic E-state index is 11.5. The van der Waals surface area contributed by atoms with Crippen molar-refractivity contribution in [2.24, 2.45) is 0 Å². The van der Waals surface area contributed by atoms with Crippen molar-refractivity contribution in [1.29, 1.82) is 0 Å². The number of anilines is 3. The number of halogens is 1. The largest absolute Gasteiger partial charge is 0.354 e. The Morgan fingerprint density at radius 2 is 2.00 bits per heavy atom. The minimum atomic E-state index is -0.270. The van der Waals surface area contributed by atoms with Crippen molar-refractivity contribution in [2.75, 3.05) is 10.6 Å². The van der Waals surface area contributed by atoms with Gasteiger partial charge >= 0.3 is 6.03 Å². The van der Waals surface area contributed by atoms with E-state index in [-0.39, 0.29) is 12.1 Å². The van der Waals surface area contributed by atoms with Gasteiger partial charge in [0.25, 0.3) is 0 Å². The zero-order valence-electron chi connectivity index (χ0n) is 11.9. The fourth-order valence-electron chi connectivity index (χ4n) is 1.69. The molecule has 0 fully saturated rings. The molecule has 0 aliphatic carbocycles. The van der Waals surface area contributed by atoms with E-state index in [2.05, 4.69) is 20.9 Å². The summed E-state index contributed by atoms with van der Waals surface area (Å²) in [5.74, 6) is 0.491. The van der Waals surface area contributed by atoms with Crippen LogP contribution in [0.15, 0.2) is 42.6 Å². The molecule has 0 atom stereocenters. The molecule has 3 N–H and O–H groups in total. The summed E-state index contributed by atoms with van der Waals surface area (Å²) >= 11 is 5.92. The number of aromatic nitrogens is 1. The molecule has 0 spiro atoms. The molecular weight excluding hydrogens is 288 g/mol. The third-order valence-corrected chi connectivity index (χ3v) is 2.77. The summed E-state index contributed by atoms with van der Waals surface area (Å²) in [5.41, 5.74) is 1.69. The van der Waals surface area contributed by atoms with Crippen molar-refractivity contribution in [1.82, 2.24) is 10.3 Å². The molecule has 1 aromatic carbocycles. The fourth-order valence-corrected chi connectivity index (χ4v) is 1.88. The number of hydrogen-bond donors (Lipinski definition) is 3. The van der Waals surface area contributed by atoms with Crippen LogP contribution in [-0.2, 0) is 0 Å². The van der Waals surface area contributed by atoms with Crippen LogP contribution in [-0.4, -0.2) is 17.1 Å². The van der Waals surface area contributed by atoms with Crippen LogP contribution < -0.4 is 16.0 Å². The highest BCUT2D eigenvalue weighted by molar-refractivity contribution is 6.30. The molecule has 0 saturated carbocycles. The molecule has 21 heavy (non-hydrogen) atoms. The number of nitrogens with one attached hydrogen (secondary N) is 3. The van der Waals surface area contributed by atoms with Crippen molar-refractivity contribution in [3.05, 3.63) is 47.6 Å². The van der Waals surface area contributed by atoms with Gasteiger partial charge in [-0.3, -0.25) is 5.32 Å². The predicted molar refractivity (Wildman–Crippen MR) is 86.3 cm³/mol. The van der Waals surface area contributed by atoms with Gasteiger partial charge in [-0.1, -0.05) is 17.7 Å². The van der Waals surface area contributed by atoms with Crippen molar-refractivity contribution in [3.8, 4) is 0 Å². The van der Waals surface area contributed by atoms with Gasteiger partial charge in [-0.15, -0.1) is 0 Å². The number of nitrogens with zero attached hydrogens (tertiary/aromatic N) is 1. The van der Waals surface area contributed by atoms with Gasteiger partial charge in [0.2, 0.25) is 0 Å². The number of carbonyl (C=O) groups excluding carboxylic acids is 1. The highest BCUT2D eigenvalue weighted by Crippen LogP contribution is 2.20. The van der Waals surface area contributed by atoms with E-state index < -0.39 is 0 Å². The molecule has 110 valence electrons. The average Bonchev–Trinajstić information content (AvgIpc) is 2.40. The first-order valence-electron chi connectivity index (χ1n) is 6.59. The maximum Gasteiger partial charge on any atom is 0.320 e. The molecule has 5 nitrogen and oxygen atoms in total. The van der Waals surface area contributed by atoms with E-state index in [0.717, 1.165) is 11.4 Å². The summed E-state index contributed by atoms with van der Waals surface area (Å²) < 4.78 is 0. The number of rotatable bonds is 4. The normalized spacial score (nSPS) is 10.3. The summed E-state index contributed by atoms with van der Waals surface area (Å²) in [7, 11) is 0. The van der Waals surface area contributed by atoms with E-state index in [9.17, 15) is 4.79 Å². The zero-order valence-corrected chi connectivity index (χ0v) is 12.6. The van der Waals surface area contributed by atoms with Crippen LogP contribution in [0.1, 0.15) is 13.8 Å². The minimum Gasteiger partial charge on any atom is -0.354 e. The lowest BCUT2D eigenvalue weighted by molar-refractivity contribution is 0.250. The van der Waals surface area contributed by atoms with Gasteiger partial charge in [-0.25, -0.2) is 9.78 Å². The smallest absolute Gasteiger partial charge is 0.320 e. The first-order chi connectivity index (χ1) is 10.0. The van der Waals surface area contributed by atoms with Gasteiger partial charge in [0.15, 0.2) is 0 Å². The SMILES string of the molecule is CC(C)NC(=O)Nc1ccc(Nc2cccc(Cl)c2)cn1. The standard InChI is InChI=1S/C15H17ClN4O/c1-10(2)18-15(21)20-14-7-6-13(9-17-14)19-12-5-3-4-11(16)8-12/h3-10,19H,1-2H3,(H2,17,18,20,21). The van der Waals surface area contributed by atoms with Crippen molar-refractivity contribution in [3.63, 3.8) is 0 Å². The molecule has 0 bridgehead atoms. The number of urea groups is 1. The van der Waals surface area contributed by atoms with Gasteiger partial charge in [-0.05, 0) is 44.2 Å². The van der Waals surface area contributed by atoms with Crippen molar-refractivity contribution in [2.45, 2.75) is 19.9 Å². The van der Waals surface area contributed by atoms with E-state index >= 15 is 0 Å².